The van der Waals surface area contributed by atoms with Crippen LogP contribution in [0.2, 0.25) is 6.04 Å². The first-order chi connectivity index (χ1) is 14.4. The minimum Gasteiger partial charge on any atom is -0.0658 e. The quantitative estimate of drug-likeness (QED) is 0.0956. The largest absolute Gasteiger partial charge is 0.0658 e. The fourth-order valence-corrected chi connectivity index (χ4v) is 5.07. The summed E-state index contributed by atoms with van der Waals surface area (Å²) in [6.07, 6.45) is 38.7. The third kappa shape index (κ3) is 28.2. The van der Waals surface area contributed by atoms with Crippen LogP contribution >= 0.6 is 0 Å². The maximum absolute atomic E-state index is 2.31. The summed E-state index contributed by atoms with van der Waals surface area (Å²) in [5.74, 6) is 0. The minimum absolute atomic E-state index is 1.38. The van der Waals surface area contributed by atoms with Crippen molar-refractivity contribution in [2.75, 3.05) is 0 Å². The average Bonchev–Trinajstić information content (AvgIpc) is 2.74. The Hall–Kier alpha value is 0.217. The third-order valence-electron chi connectivity index (χ3n) is 6.71. The van der Waals surface area contributed by atoms with Gasteiger partial charge in [-0.2, -0.15) is 0 Å². The van der Waals surface area contributed by atoms with E-state index in [9.17, 15) is 0 Å². The fourth-order valence-electron chi connectivity index (χ4n) is 4.57. The highest BCUT2D eigenvalue weighted by atomic mass is 28.1. The molecule has 0 nitrogen and oxygen atoms in total. The van der Waals surface area contributed by atoms with Crippen molar-refractivity contribution in [3.05, 3.63) is 0 Å². The van der Waals surface area contributed by atoms with E-state index in [4.69, 9.17) is 0 Å². The molecule has 0 aliphatic heterocycles. The summed E-state index contributed by atoms with van der Waals surface area (Å²) >= 11 is 0. The summed E-state index contributed by atoms with van der Waals surface area (Å²) in [5.41, 5.74) is 0. The van der Waals surface area contributed by atoms with Gasteiger partial charge in [0.2, 0.25) is 0 Å². The average molecular weight is 425 g/mol. The van der Waals surface area contributed by atoms with E-state index in [1.54, 1.807) is 0 Å². The predicted octanol–water partition coefficient (Wildman–Crippen LogP) is 9.93. The smallest absolute Gasteiger partial charge is 0.00279 e. The van der Waals surface area contributed by atoms with Crippen LogP contribution in [0.5, 0.6) is 0 Å². The lowest BCUT2D eigenvalue weighted by Crippen LogP contribution is -1.84. The second-order valence-corrected chi connectivity index (χ2v) is 10.8. The van der Waals surface area contributed by atoms with E-state index in [2.05, 4.69) is 6.92 Å². The van der Waals surface area contributed by atoms with Crippen LogP contribution in [0.25, 0.3) is 0 Å². The maximum Gasteiger partial charge on any atom is 0.00279 e. The van der Waals surface area contributed by atoms with E-state index in [-0.39, 0.29) is 0 Å². The number of unbranched alkanes of at least 4 members (excludes halogenated alkanes) is 25. The van der Waals surface area contributed by atoms with Gasteiger partial charge in [-0.1, -0.05) is 180 Å². The molecule has 0 heterocycles. The van der Waals surface area contributed by atoms with Crippen LogP contribution in [-0.4, -0.2) is 10.2 Å². The zero-order valence-electron chi connectivity index (χ0n) is 21.1. The van der Waals surface area contributed by atoms with Crippen LogP contribution < -0.4 is 0 Å². The highest BCUT2D eigenvalue weighted by molar-refractivity contribution is 6.08. The molecular formula is C28H60Si. The molecule has 29 heavy (non-hydrogen) atoms. The van der Waals surface area contributed by atoms with Gasteiger partial charge in [0.1, 0.15) is 0 Å². The van der Waals surface area contributed by atoms with Gasteiger partial charge in [0.25, 0.3) is 0 Å². The molecule has 0 aromatic heterocycles. The first-order valence-electron chi connectivity index (χ1n) is 14.4. The van der Waals surface area contributed by atoms with Crippen molar-refractivity contribution >= 4 is 10.2 Å². The minimum atomic E-state index is 1.38. The Labute approximate surface area is 190 Å². The molecule has 0 saturated heterocycles. The van der Waals surface area contributed by atoms with Crippen LogP contribution in [0, 0.1) is 0 Å². The van der Waals surface area contributed by atoms with E-state index in [1.165, 1.54) is 183 Å². The summed E-state index contributed by atoms with van der Waals surface area (Å²) in [6, 6.07) is 1.51. The lowest BCUT2D eigenvalue weighted by molar-refractivity contribution is 0.516. The molecule has 0 fully saturated rings. The highest BCUT2D eigenvalue weighted by Crippen LogP contribution is 2.15. The monoisotopic (exact) mass is 424 g/mol. The van der Waals surface area contributed by atoms with Crippen molar-refractivity contribution < 1.29 is 0 Å². The molecule has 0 rings (SSSR count). The molecule has 0 amide bonds. The molecule has 0 radical (unpaired) electrons. The van der Waals surface area contributed by atoms with Gasteiger partial charge < -0.3 is 0 Å². The van der Waals surface area contributed by atoms with E-state index in [0.29, 0.717) is 0 Å². The zero-order valence-corrected chi connectivity index (χ0v) is 23.1. The number of rotatable bonds is 26. The molecule has 0 aromatic carbocycles. The molecular weight excluding hydrogens is 364 g/mol. The van der Waals surface area contributed by atoms with Gasteiger partial charge in [-0.3, -0.25) is 0 Å². The summed E-state index contributed by atoms with van der Waals surface area (Å²) < 4.78 is 0. The summed E-state index contributed by atoms with van der Waals surface area (Å²) in [6.45, 7) is 2.31. The predicted molar refractivity (Wildman–Crippen MR) is 140 cm³/mol. The summed E-state index contributed by atoms with van der Waals surface area (Å²) in [4.78, 5) is 0. The normalized spacial score (nSPS) is 11.5. The highest BCUT2D eigenvalue weighted by Gasteiger charge is 1.96. The molecule has 0 N–H and O–H groups in total. The van der Waals surface area contributed by atoms with Gasteiger partial charge in [-0.05, 0) is 0 Å². The zero-order chi connectivity index (χ0) is 21.1. The van der Waals surface area contributed by atoms with Crippen LogP contribution in [0.15, 0.2) is 0 Å². The first-order valence-corrected chi connectivity index (χ1v) is 15.8. The van der Waals surface area contributed by atoms with Crippen molar-refractivity contribution in [2.24, 2.45) is 0 Å². The van der Waals surface area contributed by atoms with Gasteiger partial charge in [-0.15, -0.1) is 0 Å². The van der Waals surface area contributed by atoms with Crippen LogP contribution in [-0.2, 0) is 0 Å². The van der Waals surface area contributed by atoms with Gasteiger partial charge >= 0.3 is 0 Å². The van der Waals surface area contributed by atoms with E-state index in [1.807, 2.05) is 0 Å². The van der Waals surface area contributed by atoms with Crippen molar-refractivity contribution in [3.8, 4) is 0 Å². The molecule has 0 aromatic rings. The van der Waals surface area contributed by atoms with Crippen molar-refractivity contribution in [1.82, 2.24) is 0 Å². The van der Waals surface area contributed by atoms with Gasteiger partial charge in [0.15, 0.2) is 0 Å². The Kier molecular flexibility index (Phi) is 28.4. The van der Waals surface area contributed by atoms with Crippen LogP contribution in [0.3, 0.4) is 0 Å². The molecule has 0 saturated carbocycles. The second-order valence-electron chi connectivity index (χ2n) is 9.84. The van der Waals surface area contributed by atoms with Gasteiger partial charge in [0, 0.05) is 10.2 Å². The number of hydrogen-bond donors (Lipinski definition) is 0. The molecule has 0 spiro atoms. The molecule has 0 unspecified atom stereocenters. The third-order valence-corrected chi connectivity index (χ3v) is 7.41. The SMILES string of the molecule is CCCCCCCCCCCCCCCCCCCCCCCCCCCC[SiH3]. The molecule has 176 valence electrons. The Balaban J connectivity index is 2.97. The maximum atomic E-state index is 2.31. The molecule has 0 bridgehead atoms. The van der Waals surface area contributed by atoms with Gasteiger partial charge in [0.05, 0.1) is 0 Å². The number of hydrogen-bond acceptors (Lipinski definition) is 0. The van der Waals surface area contributed by atoms with Crippen molar-refractivity contribution in [3.63, 3.8) is 0 Å². The summed E-state index contributed by atoms with van der Waals surface area (Å²) in [7, 11) is 1.41. The van der Waals surface area contributed by atoms with E-state index < -0.39 is 0 Å². The second kappa shape index (κ2) is 28.2. The summed E-state index contributed by atoms with van der Waals surface area (Å²) in [5, 5.41) is 0. The fraction of sp³-hybridized carbons (Fsp3) is 1.00. The van der Waals surface area contributed by atoms with Crippen LogP contribution in [0.4, 0.5) is 0 Å². The molecule has 0 aliphatic carbocycles. The Bertz CT molecular complexity index is 237. The Morgan fingerprint density at radius 3 is 0.621 bits per heavy atom. The topological polar surface area (TPSA) is 0 Å². The van der Waals surface area contributed by atoms with E-state index in [0.717, 1.165) is 0 Å². The Morgan fingerprint density at radius 1 is 0.276 bits per heavy atom. The first kappa shape index (κ1) is 29.2. The molecule has 0 aliphatic rings. The van der Waals surface area contributed by atoms with Crippen molar-refractivity contribution in [2.45, 2.75) is 180 Å². The standard InChI is InChI=1S/C28H60Si/c1-2-3-4-5-6-7-8-9-10-11-12-13-14-15-16-17-18-19-20-21-22-23-24-25-26-27-28-29/h2-28H2,1,29H3. The lowest BCUT2D eigenvalue weighted by Gasteiger charge is -2.04. The molecule has 0 atom stereocenters. The van der Waals surface area contributed by atoms with Crippen LogP contribution in [0.1, 0.15) is 174 Å². The van der Waals surface area contributed by atoms with Crippen molar-refractivity contribution in [1.29, 1.82) is 0 Å². The lowest BCUT2D eigenvalue weighted by atomic mass is 10.0. The Morgan fingerprint density at radius 2 is 0.448 bits per heavy atom. The van der Waals surface area contributed by atoms with Gasteiger partial charge in [-0.25, -0.2) is 0 Å². The van der Waals surface area contributed by atoms with E-state index >= 15 is 0 Å². The molecule has 1 heteroatoms.